The first-order valence-corrected chi connectivity index (χ1v) is 9.94. The summed E-state index contributed by atoms with van der Waals surface area (Å²) in [4.78, 5) is 29.7. The zero-order valence-electron chi connectivity index (χ0n) is 16.5. The Balaban J connectivity index is 1.87. The van der Waals surface area contributed by atoms with Gasteiger partial charge in [0.1, 0.15) is 5.75 Å². The lowest BCUT2D eigenvalue weighted by molar-refractivity contribution is -0.136. The number of amides is 1. The molecule has 0 saturated heterocycles. The molecular formula is C22H27N3O4. The van der Waals surface area contributed by atoms with Gasteiger partial charge < -0.3 is 15.2 Å². The number of nitrogens with one attached hydrogen (secondary N) is 1. The van der Waals surface area contributed by atoms with Crippen LogP contribution >= 0.6 is 0 Å². The molecule has 0 bridgehead atoms. The van der Waals surface area contributed by atoms with Crippen LogP contribution in [0.25, 0.3) is 0 Å². The van der Waals surface area contributed by atoms with Gasteiger partial charge in [-0.3, -0.25) is 19.5 Å². The molecule has 1 aromatic heterocycles. The molecule has 0 radical (unpaired) electrons. The fourth-order valence-electron chi connectivity index (χ4n) is 3.41. The smallest absolute Gasteiger partial charge is 0.307 e. The third-order valence-corrected chi connectivity index (χ3v) is 4.77. The summed E-state index contributed by atoms with van der Waals surface area (Å²) < 4.78 is 5.99. The maximum Gasteiger partial charge on any atom is 0.307 e. The van der Waals surface area contributed by atoms with Crippen molar-refractivity contribution in [2.24, 2.45) is 0 Å². The molecule has 2 aromatic rings. The number of hydrogen-bond donors (Lipinski definition) is 2. The second kappa shape index (κ2) is 10.6. The van der Waals surface area contributed by atoms with E-state index in [9.17, 15) is 9.59 Å². The van der Waals surface area contributed by atoms with E-state index < -0.39 is 5.97 Å². The van der Waals surface area contributed by atoms with Gasteiger partial charge in [-0.05, 0) is 42.5 Å². The summed E-state index contributed by atoms with van der Waals surface area (Å²) in [6.45, 7) is 2.55. The summed E-state index contributed by atoms with van der Waals surface area (Å²) in [5, 5.41) is 12.1. The van der Waals surface area contributed by atoms with E-state index in [1.807, 2.05) is 29.2 Å². The predicted octanol–water partition coefficient (Wildman–Crippen LogP) is 2.39. The van der Waals surface area contributed by atoms with Crippen LogP contribution in [0.4, 0.5) is 0 Å². The Morgan fingerprint density at radius 1 is 1.17 bits per heavy atom. The summed E-state index contributed by atoms with van der Waals surface area (Å²) in [5.74, 6) is -0.144. The third-order valence-electron chi connectivity index (χ3n) is 4.77. The number of carboxylic acids is 1. The molecule has 0 atom stereocenters. The number of carboxylic acid groups (broad SMARTS) is 1. The van der Waals surface area contributed by atoms with Gasteiger partial charge in [0.2, 0.25) is 5.91 Å². The highest BCUT2D eigenvalue weighted by Crippen LogP contribution is 2.24. The number of carbonyl (C=O) groups is 2. The average molecular weight is 397 g/mol. The van der Waals surface area contributed by atoms with Crippen LogP contribution in [0.1, 0.15) is 36.0 Å². The summed E-state index contributed by atoms with van der Waals surface area (Å²) in [6.07, 6.45) is 6.27. The maximum absolute atomic E-state index is 12.4. The first-order valence-electron chi connectivity index (χ1n) is 9.94. The van der Waals surface area contributed by atoms with Crippen LogP contribution in [0.2, 0.25) is 0 Å². The molecule has 0 saturated carbocycles. The van der Waals surface area contributed by atoms with Crippen molar-refractivity contribution in [2.45, 2.75) is 38.8 Å². The van der Waals surface area contributed by atoms with Crippen molar-refractivity contribution in [3.8, 4) is 5.75 Å². The molecule has 3 rings (SSSR count). The molecule has 0 aliphatic carbocycles. The normalized spacial score (nSPS) is 16.3. The van der Waals surface area contributed by atoms with E-state index in [0.29, 0.717) is 26.2 Å². The Morgan fingerprint density at radius 3 is 2.86 bits per heavy atom. The van der Waals surface area contributed by atoms with Crippen molar-refractivity contribution in [3.63, 3.8) is 0 Å². The molecule has 2 heterocycles. The SMILES string of the molecule is O=C(O)Cc1ccc2c(c1)CN(Cc1cccnc1)CC(=O)NCCCCCO2. The van der Waals surface area contributed by atoms with Gasteiger partial charge in [0.25, 0.3) is 0 Å². The fourth-order valence-corrected chi connectivity index (χ4v) is 3.41. The van der Waals surface area contributed by atoms with Crippen LogP contribution < -0.4 is 10.1 Å². The Kier molecular flexibility index (Phi) is 7.58. The number of aliphatic carboxylic acids is 1. The molecular weight excluding hydrogens is 370 g/mol. The highest BCUT2D eigenvalue weighted by molar-refractivity contribution is 5.78. The molecule has 0 fully saturated rings. The fraction of sp³-hybridized carbons (Fsp3) is 0.409. The quantitative estimate of drug-likeness (QED) is 0.823. The van der Waals surface area contributed by atoms with Gasteiger partial charge >= 0.3 is 5.97 Å². The lowest BCUT2D eigenvalue weighted by Crippen LogP contribution is -2.37. The Labute approximate surface area is 170 Å². The summed E-state index contributed by atoms with van der Waals surface area (Å²) >= 11 is 0. The molecule has 2 N–H and O–H groups in total. The van der Waals surface area contributed by atoms with Gasteiger partial charge in [0.15, 0.2) is 0 Å². The zero-order chi connectivity index (χ0) is 20.5. The number of nitrogens with zero attached hydrogens (tertiary/aromatic N) is 2. The van der Waals surface area contributed by atoms with Gasteiger partial charge in [-0.25, -0.2) is 0 Å². The topological polar surface area (TPSA) is 91.8 Å². The van der Waals surface area contributed by atoms with Crippen LogP contribution in [0, 0.1) is 0 Å². The van der Waals surface area contributed by atoms with Gasteiger partial charge in [0.05, 0.1) is 19.6 Å². The standard InChI is InChI=1S/C22H27N3O4/c26-21-16-25(14-18-5-4-8-23-13-18)15-19-11-17(12-22(27)28)6-7-20(19)29-10-3-1-2-9-24-21/h4-8,11,13H,1-3,9-10,12,14-16H2,(H,24,26)(H,27,28). The molecule has 1 aliphatic heterocycles. The number of rotatable bonds is 4. The average Bonchev–Trinajstić information content (AvgIpc) is 2.69. The molecule has 0 unspecified atom stereocenters. The van der Waals surface area contributed by atoms with Crippen molar-refractivity contribution in [3.05, 3.63) is 59.4 Å². The molecule has 0 spiro atoms. The molecule has 1 aliphatic rings. The van der Waals surface area contributed by atoms with Crippen LogP contribution in [0.15, 0.2) is 42.7 Å². The third kappa shape index (κ3) is 6.87. The van der Waals surface area contributed by atoms with E-state index in [1.165, 1.54) is 0 Å². The molecule has 1 aromatic carbocycles. The lowest BCUT2D eigenvalue weighted by atomic mass is 10.1. The van der Waals surface area contributed by atoms with Crippen LogP contribution in [-0.4, -0.2) is 46.6 Å². The Bertz CT molecular complexity index is 826. The summed E-state index contributed by atoms with van der Waals surface area (Å²) in [5.41, 5.74) is 2.61. The number of ether oxygens (including phenoxy) is 1. The van der Waals surface area contributed by atoms with Crippen molar-refractivity contribution in [2.75, 3.05) is 19.7 Å². The van der Waals surface area contributed by atoms with Crippen molar-refractivity contribution in [1.82, 2.24) is 15.2 Å². The summed E-state index contributed by atoms with van der Waals surface area (Å²) in [6, 6.07) is 9.36. The minimum absolute atomic E-state index is 0.0164. The Morgan fingerprint density at radius 2 is 2.07 bits per heavy atom. The van der Waals surface area contributed by atoms with Gasteiger partial charge in [-0.1, -0.05) is 18.2 Å². The van der Waals surface area contributed by atoms with E-state index >= 15 is 0 Å². The molecule has 29 heavy (non-hydrogen) atoms. The monoisotopic (exact) mass is 397 g/mol. The Hall–Kier alpha value is -2.93. The zero-order valence-corrected chi connectivity index (χ0v) is 16.5. The van der Waals surface area contributed by atoms with Gasteiger partial charge in [-0.2, -0.15) is 0 Å². The highest BCUT2D eigenvalue weighted by atomic mass is 16.5. The highest BCUT2D eigenvalue weighted by Gasteiger charge is 2.16. The van der Waals surface area contributed by atoms with Crippen LogP contribution in [-0.2, 0) is 29.1 Å². The lowest BCUT2D eigenvalue weighted by Gasteiger charge is -2.23. The number of fused-ring (bicyclic) bond motifs is 1. The van der Waals surface area contributed by atoms with E-state index in [1.54, 1.807) is 18.5 Å². The van der Waals surface area contributed by atoms with Gasteiger partial charge in [0, 0.05) is 37.6 Å². The van der Waals surface area contributed by atoms with Crippen LogP contribution in [0.5, 0.6) is 5.75 Å². The number of benzene rings is 1. The van der Waals surface area contributed by atoms with E-state index in [-0.39, 0.29) is 18.9 Å². The minimum Gasteiger partial charge on any atom is -0.493 e. The first kappa shape index (κ1) is 20.8. The molecule has 7 heteroatoms. The van der Waals surface area contributed by atoms with E-state index in [0.717, 1.165) is 41.7 Å². The molecule has 7 nitrogen and oxygen atoms in total. The first-order chi connectivity index (χ1) is 14.1. The predicted molar refractivity (Wildman–Crippen MR) is 108 cm³/mol. The maximum atomic E-state index is 12.4. The number of aromatic nitrogens is 1. The minimum atomic E-state index is -0.873. The largest absolute Gasteiger partial charge is 0.493 e. The summed E-state index contributed by atoms with van der Waals surface area (Å²) in [7, 11) is 0. The molecule has 1 amide bonds. The second-order valence-corrected chi connectivity index (χ2v) is 7.28. The number of carbonyl (C=O) groups excluding carboxylic acids is 1. The van der Waals surface area contributed by atoms with Crippen molar-refractivity contribution in [1.29, 1.82) is 0 Å². The second-order valence-electron chi connectivity index (χ2n) is 7.28. The van der Waals surface area contributed by atoms with E-state index in [2.05, 4.69) is 10.3 Å². The number of pyridine rings is 1. The van der Waals surface area contributed by atoms with Gasteiger partial charge in [-0.15, -0.1) is 0 Å². The molecule has 154 valence electrons. The number of hydrogen-bond acceptors (Lipinski definition) is 5. The van der Waals surface area contributed by atoms with Crippen molar-refractivity contribution < 1.29 is 19.4 Å². The van der Waals surface area contributed by atoms with Crippen molar-refractivity contribution >= 4 is 11.9 Å². The van der Waals surface area contributed by atoms with E-state index in [4.69, 9.17) is 9.84 Å². The van der Waals surface area contributed by atoms with Crippen LogP contribution in [0.3, 0.4) is 0 Å².